The van der Waals surface area contributed by atoms with E-state index in [9.17, 15) is 4.79 Å². The van der Waals surface area contributed by atoms with E-state index in [1.807, 2.05) is 48.5 Å². The first kappa shape index (κ1) is 18.6. The van der Waals surface area contributed by atoms with Crippen molar-refractivity contribution in [2.75, 3.05) is 4.90 Å². The molecule has 0 unspecified atom stereocenters. The maximum Gasteiger partial charge on any atom is 0.270 e. The minimum absolute atomic E-state index is 0.203. The number of amides is 1. The first-order valence-corrected chi connectivity index (χ1v) is 9.08. The third kappa shape index (κ3) is 5.14. The molecule has 1 N–H and O–H groups in total. The van der Waals surface area contributed by atoms with E-state index in [0.29, 0.717) is 12.2 Å². The van der Waals surface area contributed by atoms with E-state index < -0.39 is 0 Å². The number of nitrogens with one attached hydrogen (secondary N) is 1. The SMILES string of the molecule is CC(C)N(Cc1ccccc1)c1ccnc(C(=O)NCc2ccccn2)c1. The van der Waals surface area contributed by atoms with Gasteiger partial charge in [0.1, 0.15) is 5.69 Å². The number of hydrogen-bond donors (Lipinski definition) is 1. The molecule has 138 valence electrons. The highest BCUT2D eigenvalue weighted by Crippen LogP contribution is 2.20. The molecule has 0 saturated heterocycles. The van der Waals surface area contributed by atoms with Gasteiger partial charge in [-0.1, -0.05) is 36.4 Å². The lowest BCUT2D eigenvalue weighted by molar-refractivity contribution is 0.0945. The highest BCUT2D eigenvalue weighted by Gasteiger charge is 2.14. The Balaban J connectivity index is 1.73. The summed E-state index contributed by atoms with van der Waals surface area (Å²) in [7, 11) is 0. The molecular weight excluding hydrogens is 336 g/mol. The third-order valence-corrected chi connectivity index (χ3v) is 4.28. The third-order valence-electron chi connectivity index (χ3n) is 4.28. The van der Waals surface area contributed by atoms with E-state index in [1.54, 1.807) is 12.4 Å². The van der Waals surface area contributed by atoms with Gasteiger partial charge in [0, 0.05) is 30.7 Å². The molecule has 5 nitrogen and oxygen atoms in total. The number of hydrogen-bond acceptors (Lipinski definition) is 4. The lowest BCUT2D eigenvalue weighted by atomic mass is 10.1. The van der Waals surface area contributed by atoms with Gasteiger partial charge in [0.2, 0.25) is 0 Å². The van der Waals surface area contributed by atoms with Crippen molar-refractivity contribution >= 4 is 11.6 Å². The number of nitrogens with zero attached hydrogens (tertiary/aromatic N) is 3. The minimum atomic E-state index is -0.203. The summed E-state index contributed by atoms with van der Waals surface area (Å²) < 4.78 is 0. The monoisotopic (exact) mass is 360 g/mol. The van der Waals surface area contributed by atoms with Crippen molar-refractivity contribution in [2.24, 2.45) is 0 Å². The fourth-order valence-corrected chi connectivity index (χ4v) is 2.84. The van der Waals surface area contributed by atoms with Gasteiger partial charge in [0.25, 0.3) is 5.91 Å². The molecule has 0 spiro atoms. The Labute approximate surface area is 160 Å². The molecule has 3 rings (SSSR count). The van der Waals surface area contributed by atoms with E-state index >= 15 is 0 Å². The van der Waals surface area contributed by atoms with Crippen LogP contribution < -0.4 is 10.2 Å². The number of pyridine rings is 2. The van der Waals surface area contributed by atoms with Gasteiger partial charge in [0.15, 0.2) is 0 Å². The van der Waals surface area contributed by atoms with Gasteiger partial charge in [-0.3, -0.25) is 14.8 Å². The molecule has 0 bridgehead atoms. The summed E-state index contributed by atoms with van der Waals surface area (Å²) in [4.78, 5) is 23.2. The fraction of sp³-hybridized carbons (Fsp3) is 0.227. The van der Waals surface area contributed by atoms with E-state index in [4.69, 9.17) is 0 Å². The number of carbonyl (C=O) groups is 1. The Morgan fingerprint density at radius 3 is 2.48 bits per heavy atom. The molecular formula is C22H24N4O. The van der Waals surface area contributed by atoms with Crippen LogP contribution in [0.2, 0.25) is 0 Å². The summed E-state index contributed by atoms with van der Waals surface area (Å²) in [6.45, 7) is 5.44. The zero-order valence-corrected chi connectivity index (χ0v) is 15.7. The van der Waals surface area contributed by atoms with Gasteiger partial charge in [-0.2, -0.15) is 0 Å². The van der Waals surface area contributed by atoms with Gasteiger partial charge in [-0.15, -0.1) is 0 Å². The molecule has 0 radical (unpaired) electrons. The number of anilines is 1. The maximum absolute atomic E-state index is 12.5. The minimum Gasteiger partial charge on any atom is -0.365 e. The summed E-state index contributed by atoms with van der Waals surface area (Å²) >= 11 is 0. The summed E-state index contributed by atoms with van der Waals surface area (Å²) in [6.07, 6.45) is 3.40. The summed E-state index contributed by atoms with van der Waals surface area (Å²) in [5.74, 6) is -0.203. The van der Waals surface area contributed by atoms with Crippen LogP contribution in [0.4, 0.5) is 5.69 Å². The Morgan fingerprint density at radius 1 is 1.00 bits per heavy atom. The maximum atomic E-state index is 12.5. The van der Waals surface area contributed by atoms with Crippen LogP contribution in [-0.2, 0) is 13.1 Å². The lowest BCUT2D eigenvalue weighted by Gasteiger charge is -2.29. The Morgan fingerprint density at radius 2 is 1.78 bits per heavy atom. The van der Waals surface area contributed by atoms with Crippen molar-refractivity contribution in [2.45, 2.75) is 33.0 Å². The van der Waals surface area contributed by atoms with Crippen molar-refractivity contribution in [3.05, 3.63) is 90.0 Å². The normalized spacial score (nSPS) is 10.6. The number of aromatic nitrogens is 2. The second-order valence-corrected chi connectivity index (χ2v) is 6.61. The Hall–Kier alpha value is -3.21. The smallest absolute Gasteiger partial charge is 0.270 e. The van der Waals surface area contributed by atoms with Gasteiger partial charge in [0.05, 0.1) is 12.2 Å². The predicted molar refractivity (Wildman–Crippen MR) is 107 cm³/mol. The van der Waals surface area contributed by atoms with E-state index in [1.165, 1.54) is 5.56 Å². The van der Waals surface area contributed by atoms with Crippen LogP contribution in [-0.4, -0.2) is 21.9 Å². The van der Waals surface area contributed by atoms with E-state index in [-0.39, 0.29) is 11.9 Å². The molecule has 1 aromatic carbocycles. The molecule has 5 heteroatoms. The quantitative estimate of drug-likeness (QED) is 0.696. The summed E-state index contributed by atoms with van der Waals surface area (Å²) in [6, 6.07) is 20.0. The van der Waals surface area contributed by atoms with Crippen molar-refractivity contribution < 1.29 is 4.79 Å². The molecule has 3 aromatic rings. The zero-order chi connectivity index (χ0) is 19.1. The highest BCUT2D eigenvalue weighted by molar-refractivity contribution is 5.93. The van der Waals surface area contributed by atoms with Gasteiger partial charge < -0.3 is 10.2 Å². The largest absolute Gasteiger partial charge is 0.365 e. The molecule has 0 atom stereocenters. The van der Waals surface area contributed by atoms with Gasteiger partial charge >= 0.3 is 0 Å². The standard InChI is InChI=1S/C22H24N4O/c1-17(2)26(16-18-8-4-3-5-9-18)20-11-13-24-21(14-20)22(27)25-15-19-10-6-7-12-23-19/h3-14,17H,15-16H2,1-2H3,(H,25,27). The van der Waals surface area contributed by atoms with Crippen LogP contribution >= 0.6 is 0 Å². The van der Waals surface area contributed by atoms with Crippen LogP contribution in [0.25, 0.3) is 0 Å². The molecule has 0 aliphatic carbocycles. The lowest BCUT2D eigenvalue weighted by Crippen LogP contribution is -2.31. The van der Waals surface area contributed by atoms with Gasteiger partial charge in [-0.25, -0.2) is 0 Å². The predicted octanol–water partition coefficient (Wildman–Crippen LogP) is 3.82. The molecule has 2 aromatic heterocycles. The highest BCUT2D eigenvalue weighted by atomic mass is 16.1. The molecule has 0 aliphatic rings. The van der Waals surface area contributed by atoms with Crippen molar-refractivity contribution in [1.82, 2.24) is 15.3 Å². The zero-order valence-electron chi connectivity index (χ0n) is 15.7. The van der Waals surface area contributed by atoms with Crippen molar-refractivity contribution in [1.29, 1.82) is 0 Å². The molecule has 0 saturated carbocycles. The van der Waals surface area contributed by atoms with Crippen LogP contribution in [0.3, 0.4) is 0 Å². The average Bonchev–Trinajstić information content (AvgIpc) is 2.71. The Kier molecular flexibility index (Phi) is 6.15. The topological polar surface area (TPSA) is 58.1 Å². The van der Waals surface area contributed by atoms with Gasteiger partial charge in [-0.05, 0) is 43.7 Å². The second-order valence-electron chi connectivity index (χ2n) is 6.61. The van der Waals surface area contributed by atoms with Crippen molar-refractivity contribution in [3.8, 4) is 0 Å². The Bertz CT molecular complexity index is 866. The number of benzene rings is 1. The van der Waals surface area contributed by atoms with Crippen molar-refractivity contribution in [3.63, 3.8) is 0 Å². The summed E-state index contributed by atoms with van der Waals surface area (Å²) in [5, 5.41) is 2.88. The van der Waals surface area contributed by atoms with Crippen LogP contribution in [0.1, 0.15) is 35.6 Å². The molecule has 27 heavy (non-hydrogen) atoms. The average molecular weight is 360 g/mol. The molecule has 0 fully saturated rings. The van der Waals surface area contributed by atoms with Crippen LogP contribution in [0.15, 0.2) is 73.1 Å². The second kappa shape index (κ2) is 8.94. The van der Waals surface area contributed by atoms with E-state index in [0.717, 1.165) is 17.9 Å². The molecule has 1 amide bonds. The number of carbonyl (C=O) groups excluding carboxylic acids is 1. The van der Waals surface area contributed by atoms with Crippen LogP contribution in [0, 0.1) is 0 Å². The number of rotatable bonds is 7. The molecule has 0 aliphatic heterocycles. The molecule has 2 heterocycles. The first-order chi connectivity index (χ1) is 13.1. The summed E-state index contributed by atoms with van der Waals surface area (Å²) in [5.41, 5.74) is 3.42. The van der Waals surface area contributed by atoms with E-state index in [2.05, 4.69) is 46.2 Å². The van der Waals surface area contributed by atoms with Crippen LogP contribution in [0.5, 0.6) is 0 Å². The fourth-order valence-electron chi connectivity index (χ4n) is 2.84. The first-order valence-electron chi connectivity index (χ1n) is 9.08.